The number of halogens is 1. The van der Waals surface area contributed by atoms with Crippen molar-refractivity contribution in [3.05, 3.63) is 41.7 Å². The van der Waals surface area contributed by atoms with Gasteiger partial charge in [0.25, 0.3) is 0 Å². The van der Waals surface area contributed by atoms with Crippen molar-refractivity contribution in [1.29, 1.82) is 0 Å². The van der Waals surface area contributed by atoms with Gasteiger partial charge in [0.1, 0.15) is 17.6 Å². The molecule has 150 valence electrons. The van der Waals surface area contributed by atoms with Crippen molar-refractivity contribution < 1.29 is 14.0 Å². The first-order valence-corrected chi connectivity index (χ1v) is 9.05. The number of aryl methyl sites for hydroxylation is 1. The van der Waals surface area contributed by atoms with E-state index in [9.17, 15) is 5.11 Å². The average Bonchev–Trinajstić information content (AvgIpc) is 3.31. The van der Waals surface area contributed by atoms with Crippen LogP contribution in [0.1, 0.15) is 30.2 Å². The molecule has 1 saturated heterocycles. The summed E-state index contributed by atoms with van der Waals surface area (Å²) in [5.74, 6) is 2.21. The molecular formula is C18H28IN5O3. The summed E-state index contributed by atoms with van der Waals surface area (Å²) in [4.78, 5) is 9.16. The molecule has 3 rings (SSSR count). The average molecular weight is 489 g/mol. The molecule has 3 heterocycles. The van der Waals surface area contributed by atoms with Crippen molar-refractivity contribution in [2.24, 2.45) is 4.99 Å². The molecule has 0 bridgehead atoms. The zero-order valence-corrected chi connectivity index (χ0v) is 18.1. The predicted octanol–water partition coefficient (Wildman–Crippen LogP) is 2.01. The fraction of sp³-hybridized carbons (Fsp3) is 0.556. The lowest BCUT2D eigenvalue weighted by molar-refractivity contribution is 0.154. The maximum Gasteiger partial charge on any atom is 0.194 e. The Hall–Kier alpha value is -1.59. The first-order valence-electron chi connectivity index (χ1n) is 9.05. The Morgan fingerprint density at radius 3 is 2.74 bits per heavy atom. The van der Waals surface area contributed by atoms with Crippen LogP contribution in [0.3, 0.4) is 0 Å². The molecule has 1 aliphatic rings. The van der Waals surface area contributed by atoms with Crippen LogP contribution in [0.5, 0.6) is 0 Å². The summed E-state index contributed by atoms with van der Waals surface area (Å²) >= 11 is 0. The number of hydrogen-bond acceptors (Lipinski definition) is 6. The van der Waals surface area contributed by atoms with Gasteiger partial charge in [-0.3, -0.25) is 4.90 Å². The summed E-state index contributed by atoms with van der Waals surface area (Å²) in [6, 6.07) is 5.51. The lowest BCUT2D eigenvalue weighted by Gasteiger charge is -2.36. The van der Waals surface area contributed by atoms with Crippen molar-refractivity contribution in [3.8, 4) is 0 Å². The molecule has 1 unspecified atom stereocenters. The van der Waals surface area contributed by atoms with Crippen molar-refractivity contribution in [2.45, 2.75) is 26.5 Å². The Balaban J connectivity index is 0.00000261. The van der Waals surface area contributed by atoms with Crippen LogP contribution in [-0.2, 0) is 6.54 Å². The SMILES string of the molecule is CCNC(=NCC(O)c1ccco1)N1CCN(Cc2cc(C)on2)CC1.I. The van der Waals surface area contributed by atoms with Gasteiger partial charge in [-0.25, -0.2) is 4.99 Å². The molecule has 2 N–H and O–H groups in total. The van der Waals surface area contributed by atoms with Crippen LogP contribution in [0.25, 0.3) is 0 Å². The summed E-state index contributed by atoms with van der Waals surface area (Å²) in [5, 5.41) is 17.5. The van der Waals surface area contributed by atoms with Crippen molar-refractivity contribution in [2.75, 3.05) is 39.3 Å². The molecule has 0 amide bonds. The highest BCUT2D eigenvalue weighted by Gasteiger charge is 2.21. The van der Waals surface area contributed by atoms with Gasteiger partial charge in [0.05, 0.1) is 18.5 Å². The molecule has 0 aromatic carbocycles. The highest BCUT2D eigenvalue weighted by molar-refractivity contribution is 14.0. The first kappa shape index (κ1) is 21.7. The van der Waals surface area contributed by atoms with Crippen LogP contribution < -0.4 is 5.32 Å². The second kappa shape index (κ2) is 10.7. The van der Waals surface area contributed by atoms with Gasteiger partial charge in [-0.2, -0.15) is 0 Å². The molecule has 0 aliphatic carbocycles. The van der Waals surface area contributed by atoms with Gasteiger partial charge in [-0.1, -0.05) is 5.16 Å². The van der Waals surface area contributed by atoms with E-state index < -0.39 is 6.10 Å². The summed E-state index contributed by atoms with van der Waals surface area (Å²) in [6.45, 7) is 9.41. The van der Waals surface area contributed by atoms with Crippen LogP contribution in [0.15, 0.2) is 38.4 Å². The van der Waals surface area contributed by atoms with E-state index in [-0.39, 0.29) is 30.5 Å². The fourth-order valence-corrected chi connectivity index (χ4v) is 3.01. The molecule has 2 aromatic heterocycles. The Kier molecular flexibility index (Phi) is 8.58. The summed E-state index contributed by atoms with van der Waals surface area (Å²) < 4.78 is 10.4. The maximum atomic E-state index is 10.2. The minimum atomic E-state index is -0.727. The predicted molar refractivity (Wildman–Crippen MR) is 113 cm³/mol. The van der Waals surface area contributed by atoms with Crippen LogP contribution in [0, 0.1) is 6.92 Å². The third-order valence-electron chi connectivity index (χ3n) is 4.35. The summed E-state index contributed by atoms with van der Waals surface area (Å²) in [7, 11) is 0. The molecule has 1 fully saturated rings. The number of rotatable bonds is 6. The highest BCUT2D eigenvalue weighted by atomic mass is 127. The summed E-state index contributed by atoms with van der Waals surface area (Å²) in [5.41, 5.74) is 0.970. The quantitative estimate of drug-likeness (QED) is 0.365. The van der Waals surface area contributed by atoms with Crippen molar-refractivity contribution in [3.63, 3.8) is 0 Å². The smallest absolute Gasteiger partial charge is 0.194 e. The van der Waals surface area contributed by atoms with E-state index in [1.807, 2.05) is 19.9 Å². The van der Waals surface area contributed by atoms with E-state index in [0.29, 0.717) is 5.76 Å². The highest BCUT2D eigenvalue weighted by Crippen LogP contribution is 2.14. The number of guanidine groups is 1. The van der Waals surface area contributed by atoms with Gasteiger partial charge in [0, 0.05) is 45.3 Å². The van der Waals surface area contributed by atoms with Crippen LogP contribution in [0.4, 0.5) is 0 Å². The largest absolute Gasteiger partial charge is 0.467 e. The van der Waals surface area contributed by atoms with Gasteiger partial charge in [-0.05, 0) is 26.0 Å². The molecule has 0 radical (unpaired) electrons. The van der Waals surface area contributed by atoms with Gasteiger partial charge in [0.2, 0.25) is 0 Å². The van der Waals surface area contributed by atoms with Gasteiger partial charge in [0.15, 0.2) is 5.96 Å². The normalized spacial score (nSPS) is 16.9. The number of aliphatic hydroxyl groups excluding tert-OH is 1. The minimum absolute atomic E-state index is 0. The lowest BCUT2D eigenvalue weighted by Crippen LogP contribution is -2.52. The lowest BCUT2D eigenvalue weighted by atomic mass is 10.2. The second-order valence-corrected chi connectivity index (χ2v) is 6.42. The third kappa shape index (κ3) is 6.22. The second-order valence-electron chi connectivity index (χ2n) is 6.42. The number of nitrogens with zero attached hydrogens (tertiary/aromatic N) is 4. The van der Waals surface area contributed by atoms with Crippen molar-refractivity contribution in [1.82, 2.24) is 20.3 Å². The molecule has 27 heavy (non-hydrogen) atoms. The van der Waals surface area contributed by atoms with E-state index in [0.717, 1.165) is 56.7 Å². The van der Waals surface area contributed by atoms with Gasteiger partial charge < -0.3 is 24.3 Å². The maximum absolute atomic E-state index is 10.2. The number of piperazine rings is 1. The molecule has 9 heteroatoms. The van der Waals surface area contributed by atoms with Crippen molar-refractivity contribution >= 4 is 29.9 Å². The van der Waals surface area contributed by atoms with E-state index >= 15 is 0 Å². The van der Waals surface area contributed by atoms with Gasteiger partial charge in [-0.15, -0.1) is 24.0 Å². The standard InChI is InChI=1S/C18H27N5O3.HI/c1-3-19-18(20-12-16(24)17-5-4-10-25-17)23-8-6-22(7-9-23)13-15-11-14(2)26-21-15;/h4-5,10-11,16,24H,3,6-9,12-13H2,1-2H3,(H,19,20);1H. The van der Waals surface area contributed by atoms with E-state index in [1.54, 1.807) is 18.4 Å². The molecular weight excluding hydrogens is 461 g/mol. The number of hydrogen-bond donors (Lipinski definition) is 2. The molecule has 1 aliphatic heterocycles. The number of aliphatic imine (C=N–C) groups is 1. The Bertz CT molecular complexity index is 696. The molecule has 0 saturated carbocycles. The Labute approximate surface area is 176 Å². The van der Waals surface area contributed by atoms with Crippen LogP contribution >= 0.6 is 24.0 Å². The zero-order valence-electron chi connectivity index (χ0n) is 15.8. The molecule has 1 atom stereocenters. The van der Waals surface area contributed by atoms with E-state index in [4.69, 9.17) is 8.94 Å². The number of aliphatic hydroxyl groups is 1. The number of aromatic nitrogens is 1. The van der Waals surface area contributed by atoms with Crippen LogP contribution in [0.2, 0.25) is 0 Å². The monoisotopic (exact) mass is 489 g/mol. The van der Waals surface area contributed by atoms with E-state index in [1.165, 1.54) is 0 Å². The van der Waals surface area contributed by atoms with E-state index in [2.05, 4.69) is 25.3 Å². The molecule has 8 nitrogen and oxygen atoms in total. The Morgan fingerprint density at radius 2 is 2.15 bits per heavy atom. The first-order chi connectivity index (χ1) is 12.7. The Morgan fingerprint density at radius 1 is 1.37 bits per heavy atom. The fourth-order valence-electron chi connectivity index (χ4n) is 3.01. The third-order valence-corrected chi connectivity index (χ3v) is 4.35. The van der Waals surface area contributed by atoms with Gasteiger partial charge >= 0.3 is 0 Å². The summed E-state index contributed by atoms with van der Waals surface area (Å²) in [6.07, 6.45) is 0.832. The molecule has 2 aromatic rings. The zero-order chi connectivity index (χ0) is 18.4. The minimum Gasteiger partial charge on any atom is -0.467 e. The number of furan rings is 1. The van der Waals surface area contributed by atoms with Crippen LogP contribution in [-0.4, -0.2) is 65.3 Å². The number of nitrogens with one attached hydrogen (secondary N) is 1. The molecule has 0 spiro atoms. The topological polar surface area (TPSA) is 90.3 Å².